The van der Waals surface area contributed by atoms with Gasteiger partial charge in [0.2, 0.25) is 11.9 Å². The first-order chi connectivity index (χ1) is 9.56. The molecular weight excluding hydrogens is 260 g/mol. The van der Waals surface area contributed by atoms with Crippen LogP contribution in [-0.4, -0.2) is 58.5 Å². The lowest BCUT2D eigenvalue weighted by Gasteiger charge is -2.19. The normalized spacial score (nSPS) is 16.6. The molecular formula is C13H16N4O3. The summed E-state index contributed by atoms with van der Waals surface area (Å²) in [5.74, 6) is -0.489. The van der Waals surface area contributed by atoms with Crippen molar-refractivity contribution in [1.29, 1.82) is 0 Å². The Kier molecular flexibility index (Phi) is 4.29. The zero-order valence-corrected chi connectivity index (χ0v) is 11.2. The third-order valence-corrected chi connectivity index (χ3v) is 3.03. The van der Waals surface area contributed by atoms with Gasteiger partial charge in [-0.1, -0.05) is 0 Å². The Morgan fingerprint density at radius 3 is 2.70 bits per heavy atom. The van der Waals surface area contributed by atoms with Gasteiger partial charge in [-0.05, 0) is 12.5 Å². The lowest BCUT2D eigenvalue weighted by Crippen LogP contribution is -2.35. The molecule has 1 N–H and O–H groups in total. The number of hydrogen-bond donors (Lipinski definition) is 1. The fourth-order valence-electron chi connectivity index (χ4n) is 1.91. The molecule has 0 saturated carbocycles. The summed E-state index contributed by atoms with van der Waals surface area (Å²) >= 11 is 0. The van der Waals surface area contributed by atoms with Crippen LogP contribution in [0.25, 0.3) is 6.08 Å². The summed E-state index contributed by atoms with van der Waals surface area (Å²) in [7, 11) is 1.78. The summed E-state index contributed by atoms with van der Waals surface area (Å²) in [6.45, 7) is 1.72. The molecule has 0 atom stereocenters. The Bertz CT molecular complexity index is 527. The molecule has 7 nitrogen and oxygen atoms in total. The summed E-state index contributed by atoms with van der Waals surface area (Å²) in [6, 6.07) is 0. The standard InChI is InChI=1S/C13H16N4O3/c1-16-5-2-6-17(9-11(16)18)13-14-7-10(8-15-13)3-4-12(19)20/h3-4,7-8H,2,5-6,9H2,1H3,(H,19,20)/b4-3+. The maximum atomic E-state index is 11.8. The van der Waals surface area contributed by atoms with Gasteiger partial charge in [0.1, 0.15) is 0 Å². The first-order valence-electron chi connectivity index (χ1n) is 6.28. The van der Waals surface area contributed by atoms with Crippen molar-refractivity contribution in [2.24, 2.45) is 0 Å². The van der Waals surface area contributed by atoms with E-state index < -0.39 is 5.97 Å². The van der Waals surface area contributed by atoms with Crippen molar-refractivity contribution in [2.75, 3.05) is 31.6 Å². The average Bonchev–Trinajstić information content (AvgIpc) is 2.59. The van der Waals surface area contributed by atoms with Crippen LogP contribution in [0.4, 0.5) is 5.95 Å². The van der Waals surface area contributed by atoms with Crippen LogP contribution in [0.1, 0.15) is 12.0 Å². The number of carbonyl (C=O) groups excluding carboxylic acids is 1. The van der Waals surface area contributed by atoms with E-state index in [1.807, 2.05) is 4.90 Å². The molecule has 0 aliphatic carbocycles. The Morgan fingerprint density at radius 2 is 2.05 bits per heavy atom. The molecule has 106 valence electrons. The van der Waals surface area contributed by atoms with Crippen molar-refractivity contribution < 1.29 is 14.7 Å². The van der Waals surface area contributed by atoms with Gasteiger partial charge in [-0.2, -0.15) is 0 Å². The molecule has 1 aromatic rings. The van der Waals surface area contributed by atoms with E-state index >= 15 is 0 Å². The number of rotatable bonds is 3. The van der Waals surface area contributed by atoms with E-state index in [0.29, 0.717) is 11.5 Å². The van der Waals surface area contributed by atoms with Crippen LogP contribution in [0, 0.1) is 0 Å². The lowest BCUT2D eigenvalue weighted by atomic mass is 10.3. The number of hydrogen-bond acceptors (Lipinski definition) is 5. The fraction of sp³-hybridized carbons (Fsp3) is 0.385. The minimum atomic E-state index is -1.02. The van der Waals surface area contributed by atoms with Gasteiger partial charge in [0, 0.05) is 44.2 Å². The summed E-state index contributed by atoms with van der Waals surface area (Å²) in [4.78, 5) is 34.1. The van der Waals surface area contributed by atoms with Crippen molar-refractivity contribution in [1.82, 2.24) is 14.9 Å². The molecule has 0 spiro atoms. The maximum Gasteiger partial charge on any atom is 0.328 e. The zero-order chi connectivity index (χ0) is 14.5. The molecule has 1 fully saturated rings. The maximum absolute atomic E-state index is 11.8. The third-order valence-electron chi connectivity index (χ3n) is 3.03. The molecule has 0 radical (unpaired) electrons. The van der Waals surface area contributed by atoms with Crippen molar-refractivity contribution in [2.45, 2.75) is 6.42 Å². The van der Waals surface area contributed by atoms with Crippen LogP contribution in [0.15, 0.2) is 18.5 Å². The lowest BCUT2D eigenvalue weighted by molar-refractivity contribution is -0.131. The first kappa shape index (κ1) is 14.0. The second-order valence-corrected chi connectivity index (χ2v) is 4.58. The summed E-state index contributed by atoms with van der Waals surface area (Å²) in [5, 5.41) is 8.54. The SMILES string of the molecule is CN1CCCN(c2ncc(/C=C/C(=O)O)cn2)CC1=O. The largest absolute Gasteiger partial charge is 0.478 e. The van der Waals surface area contributed by atoms with Crippen molar-refractivity contribution in [3.05, 3.63) is 24.0 Å². The highest BCUT2D eigenvalue weighted by Crippen LogP contribution is 2.11. The molecule has 7 heteroatoms. The number of nitrogens with zero attached hydrogens (tertiary/aromatic N) is 4. The van der Waals surface area contributed by atoms with E-state index in [0.717, 1.165) is 25.6 Å². The molecule has 1 saturated heterocycles. The number of amides is 1. The van der Waals surface area contributed by atoms with Gasteiger partial charge >= 0.3 is 5.97 Å². The Labute approximate surface area is 116 Å². The quantitative estimate of drug-likeness (QED) is 0.796. The van der Waals surface area contributed by atoms with E-state index in [1.54, 1.807) is 24.3 Å². The number of carboxylic acid groups (broad SMARTS) is 1. The summed E-state index contributed by atoms with van der Waals surface area (Å²) in [6.07, 6.45) is 6.41. The molecule has 1 aromatic heterocycles. The van der Waals surface area contributed by atoms with Gasteiger partial charge in [-0.25, -0.2) is 14.8 Å². The summed E-state index contributed by atoms with van der Waals surface area (Å²) < 4.78 is 0. The number of carbonyl (C=O) groups is 2. The van der Waals surface area contributed by atoms with E-state index in [-0.39, 0.29) is 12.5 Å². The van der Waals surface area contributed by atoms with Gasteiger partial charge in [0.25, 0.3) is 0 Å². The minimum Gasteiger partial charge on any atom is -0.478 e. The van der Waals surface area contributed by atoms with Crippen molar-refractivity contribution >= 4 is 23.9 Å². The number of aromatic nitrogens is 2. The Hall–Kier alpha value is -2.44. The highest BCUT2D eigenvalue weighted by atomic mass is 16.4. The molecule has 0 bridgehead atoms. The number of likely N-dealkylation sites (N-methyl/N-ethyl adjacent to an activating group) is 1. The van der Waals surface area contributed by atoms with Gasteiger partial charge in [-0.3, -0.25) is 4.79 Å². The van der Waals surface area contributed by atoms with E-state index in [9.17, 15) is 9.59 Å². The molecule has 20 heavy (non-hydrogen) atoms. The average molecular weight is 276 g/mol. The second kappa shape index (κ2) is 6.14. The molecule has 2 heterocycles. The van der Waals surface area contributed by atoms with E-state index in [4.69, 9.17) is 5.11 Å². The number of carboxylic acids is 1. The van der Waals surface area contributed by atoms with Crippen LogP contribution in [0.2, 0.25) is 0 Å². The predicted octanol–water partition coefficient (Wildman–Crippen LogP) is 0.243. The van der Waals surface area contributed by atoms with Gasteiger partial charge in [-0.15, -0.1) is 0 Å². The fourth-order valence-corrected chi connectivity index (χ4v) is 1.91. The molecule has 0 aromatic carbocycles. The third kappa shape index (κ3) is 3.53. The highest BCUT2D eigenvalue weighted by molar-refractivity contribution is 5.85. The number of aliphatic carboxylic acids is 1. The van der Waals surface area contributed by atoms with Gasteiger partial charge < -0.3 is 14.9 Å². The Balaban J connectivity index is 2.09. The molecule has 2 rings (SSSR count). The van der Waals surface area contributed by atoms with Gasteiger partial charge in [0.05, 0.1) is 6.54 Å². The van der Waals surface area contributed by atoms with Crippen molar-refractivity contribution in [3.63, 3.8) is 0 Å². The smallest absolute Gasteiger partial charge is 0.328 e. The van der Waals surface area contributed by atoms with Crippen LogP contribution >= 0.6 is 0 Å². The van der Waals surface area contributed by atoms with Crippen molar-refractivity contribution in [3.8, 4) is 0 Å². The highest BCUT2D eigenvalue weighted by Gasteiger charge is 2.20. The van der Waals surface area contributed by atoms with E-state index in [2.05, 4.69) is 9.97 Å². The monoisotopic (exact) mass is 276 g/mol. The zero-order valence-electron chi connectivity index (χ0n) is 11.2. The van der Waals surface area contributed by atoms with Crippen LogP contribution in [-0.2, 0) is 9.59 Å². The molecule has 1 aliphatic heterocycles. The van der Waals surface area contributed by atoms with Crippen LogP contribution in [0.5, 0.6) is 0 Å². The molecule has 0 unspecified atom stereocenters. The molecule has 1 amide bonds. The minimum absolute atomic E-state index is 0.0425. The number of anilines is 1. The molecule has 1 aliphatic rings. The Morgan fingerprint density at radius 1 is 1.35 bits per heavy atom. The predicted molar refractivity (Wildman–Crippen MR) is 73.2 cm³/mol. The van der Waals surface area contributed by atoms with Crippen LogP contribution < -0.4 is 4.90 Å². The van der Waals surface area contributed by atoms with E-state index in [1.165, 1.54) is 6.08 Å². The summed E-state index contributed by atoms with van der Waals surface area (Å²) in [5.41, 5.74) is 0.606. The topological polar surface area (TPSA) is 86.6 Å². The first-order valence-corrected chi connectivity index (χ1v) is 6.28. The van der Waals surface area contributed by atoms with Crippen LogP contribution in [0.3, 0.4) is 0 Å². The second-order valence-electron chi connectivity index (χ2n) is 4.58. The van der Waals surface area contributed by atoms with Gasteiger partial charge in [0.15, 0.2) is 0 Å².